The van der Waals surface area contributed by atoms with E-state index in [2.05, 4.69) is 49.6 Å². The molecule has 0 amide bonds. The summed E-state index contributed by atoms with van der Waals surface area (Å²) in [6.45, 7) is 6.17. The lowest BCUT2D eigenvalue weighted by atomic mass is 10.1. The highest BCUT2D eigenvalue weighted by Gasteiger charge is 2.20. The molecule has 2 N–H and O–H groups in total. The first-order valence-corrected chi connectivity index (χ1v) is 11.8. The smallest absolute Gasteiger partial charge is 0.234 e. The predicted molar refractivity (Wildman–Crippen MR) is 138 cm³/mol. The molecule has 5 rings (SSSR count). The highest BCUT2D eigenvalue weighted by atomic mass is 19.1. The number of hydrogen-bond acceptors (Lipinski definition) is 8. The molecule has 1 unspecified atom stereocenters. The fourth-order valence-corrected chi connectivity index (χ4v) is 4.11. The third kappa shape index (κ3) is 5.63. The number of piperazine rings is 1. The van der Waals surface area contributed by atoms with Gasteiger partial charge < -0.3 is 20.4 Å². The Morgan fingerprint density at radius 2 is 1.60 bits per heavy atom. The summed E-state index contributed by atoms with van der Waals surface area (Å²) in [5.41, 5.74) is 3.24. The Bertz CT molecular complexity index is 1220. The van der Waals surface area contributed by atoms with Crippen molar-refractivity contribution in [2.45, 2.75) is 13.0 Å². The second kappa shape index (κ2) is 10.2. The Labute approximate surface area is 204 Å². The fourth-order valence-electron chi connectivity index (χ4n) is 4.11. The molecule has 0 spiro atoms. The number of hydrogen-bond donors (Lipinski definition) is 2. The van der Waals surface area contributed by atoms with Gasteiger partial charge in [-0.3, -0.25) is 4.99 Å². The van der Waals surface area contributed by atoms with Crippen LogP contribution in [0.4, 0.5) is 22.2 Å². The van der Waals surface area contributed by atoms with Crippen LogP contribution in [0.2, 0.25) is 0 Å². The van der Waals surface area contributed by atoms with Crippen LogP contribution in [0.3, 0.4) is 0 Å². The molecule has 8 nitrogen and oxygen atoms in total. The van der Waals surface area contributed by atoms with Crippen LogP contribution < -0.4 is 15.5 Å². The summed E-state index contributed by atoms with van der Waals surface area (Å²) in [7, 11) is 2.12. The molecule has 2 aromatic carbocycles. The second-order valence-electron chi connectivity index (χ2n) is 8.85. The van der Waals surface area contributed by atoms with Crippen LogP contribution in [0.25, 0.3) is 5.57 Å². The quantitative estimate of drug-likeness (QED) is 0.564. The average Bonchev–Trinajstić information content (AvgIpc) is 3.34. The van der Waals surface area contributed by atoms with Gasteiger partial charge >= 0.3 is 0 Å². The van der Waals surface area contributed by atoms with Crippen molar-refractivity contribution in [3.8, 4) is 0 Å². The van der Waals surface area contributed by atoms with Gasteiger partial charge in [0.25, 0.3) is 0 Å². The zero-order valence-corrected chi connectivity index (χ0v) is 19.9. The molecule has 0 saturated carbocycles. The molecule has 2 aliphatic rings. The maximum atomic E-state index is 13.4. The zero-order chi connectivity index (χ0) is 24.2. The Morgan fingerprint density at radius 3 is 2.34 bits per heavy atom. The third-order valence-corrected chi connectivity index (χ3v) is 6.24. The molecule has 9 heteroatoms. The van der Waals surface area contributed by atoms with E-state index < -0.39 is 0 Å². The van der Waals surface area contributed by atoms with Gasteiger partial charge in [-0.2, -0.15) is 15.0 Å². The molecule has 1 saturated heterocycles. The van der Waals surface area contributed by atoms with Crippen LogP contribution in [0, 0.1) is 5.82 Å². The van der Waals surface area contributed by atoms with Gasteiger partial charge in [-0.05, 0) is 48.9 Å². The monoisotopic (exact) mass is 472 g/mol. The molecule has 2 aliphatic heterocycles. The second-order valence-corrected chi connectivity index (χ2v) is 8.85. The zero-order valence-electron chi connectivity index (χ0n) is 19.9. The molecule has 3 aromatic rings. The number of amidine groups is 1. The minimum atomic E-state index is -0.259. The van der Waals surface area contributed by atoms with Crippen molar-refractivity contribution in [2.75, 3.05) is 55.3 Å². The number of aliphatic imine (C=N–C) groups is 1. The van der Waals surface area contributed by atoms with Gasteiger partial charge in [-0.15, -0.1) is 0 Å². The van der Waals surface area contributed by atoms with Gasteiger partial charge in [0.1, 0.15) is 11.7 Å². The van der Waals surface area contributed by atoms with Crippen LogP contribution in [-0.2, 0) is 0 Å². The fraction of sp³-hybridized carbons (Fsp3) is 0.308. The van der Waals surface area contributed by atoms with Crippen molar-refractivity contribution in [3.05, 3.63) is 77.6 Å². The van der Waals surface area contributed by atoms with Gasteiger partial charge in [0.2, 0.25) is 17.8 Å². The Balaban J connectivity index is 1.38. The number of halogens is 1. The number of likely N-dealkylation sites (N-methyl/N-ethyl adjacent to an activating group) is 1. The molecule has 0 bridgehead atoms. The highest BCUT2D eigenvalue weighted by molar-refractivity contribution is 6.10. The molecule has 0 radical (unpaired) electrons. The van der Waals surface area contributed by atoms with E-state index >= 15 is 0 Å². The first-order valence-electron chi connectivity index (χ1n) is 11.8. The largest absolute Gasteiger partial charge is 0.348 e. The van der Waals surface area contributed by atoms with Crippen LogP contribution in [0.15, 0.2) is 65.7 Å². The van der Waals surface area contributed by atoms with E-state index in [0.29, 0.717) is 24.4 Å². The van der Waals surface area contributed by atoms with Crippen molar-refractivity contribution < 1.29 is 4.39 Å². The van der Waals surface area contributed by atoms with E-state index in [1.807, 2.05) is 31.2 Å². The summed E-state index contributed by atoms with van der Waals surface area (Å²) in [6, 6.07) is 16.5. The minimum absolute atomic E-state index is 0.111. The van der Waals surface area contributed by atoms with Crippen molar-refractivity contribution >= 4 is 29.3 Å². The average molecular weight is 473 g/mol. The topological polar surface area (TPSA) is 81.6 Å². The SMILES string of the molecule is CC(Nc1nc(NC2=NCC(c3ccccc3)=C2)nc(N2CCN(C)CC2)n1)c1ccc(F)cc1. The van der Waals surface area contributed by atoms with E-state index in [-0.39, 0.29) is 11.9 Å². The molecular weight excluding hydrogens is 443 g/mol. The lowest BCUT2D eigenvalue weighted by Crippen LogP contribution is -2.45. The Morgan fingerprint density at radius 1 is 0.886 bits per heavy atom. The van der Waals surface area contributed by atoms with Crippen LogP contribution >= 0.6 is 0 Å². The third-order valence-electron chi connectivity index (χ3n) is 6.24. The summed E-state index contributed by atoms with van der Waals surface area (Å²) < 4.78 is 13.4. The molecule has 35 heavy (non-hydrogen) atoms. The van der Waals surface area contributed by atoms with Crippen molar-refractivity contribution in [1.82, 2.24) is 19.9 Å². The van der Waals surface area contributed by atoms with E-state index in [1.54, 1.807) is 12.1 Å². The Kier molecular flexibility index (Phi) is 6.67. The maximum Gasteiger partial charge on any atom is 0.234 e. The molecule has 1 fully saturated rings. The number of benzene rings is 2. The summed E-state index contributed by atoms with van der Waals surface area (Å²) in [5, 5.41) is 6.62. The van der Waals surface area contributed by atoms with E-state index in [0.717, 1.165) is 48.7 Å². The van der Waals surface area contributed by atoms with Crippen LogP contribution in [0.5, 0.6) is 0 Å². The molecule has 0 aliphatic carbocycles. The summed E-state index contributed by atoms with van der Waals surface area (Å²) in [6.07, 6.45) is 2.03. The number of anilines is 3. The van der Waals surface area contributed by atoms with E-state index in [9.17, 15) is 4.39 Å². The molecule has 3 heterocycles. The lowest BCUT2D eigenvalue weighted by molar-refractivity contribution is 0.311. The van der Waals surface area contributed by atoms with Crippen molar-refractivity contribution in [1.29, 1.82) is 0 Å². The maximum absolute atomic E-state index is 13.4. The van der Waals surface area contributed by atoms with Gasteiger partial charge in [0.05, 0.1) is 12.6 Å². The molecule has 1 atom stereocenters. The summed E-state index contributed by atoms with van der Waals surface area (Å²) >= 11 is 0. The lowest BCUT2D eigenvalue weighted by Gasteiger charge is -2.32. The van der Waals surface area contributed by atoms with Crippen LogP contribution in [-0.4, -0.2) is 65.5 Å². The van der Waals surface area contributed by atoms with Gasteiger partial charge in [-0.25, -0.2) is 4.39 Å². The number of rotatable bonds is 6. The van der Waals surface area contributed by atoms with Crippen molar-refractivity contribution in [2.24, 2.45) is 4.99 Å². The number of nitrogens with zero attached hydrogens (tertiary/aromatic N) is 6. The van der Waals surface area contributed by atoms with Gasteiger partial charge in [0, 0.05) is 26.2 Å². The highest BCUT2D eigenvalue weighted by Crippen LogP contribution is 2.23. The standard InChI is InChI=1S/C26H29FN8/c1-18(19-8-10-22(27)11-9-19)29-24-31-25(33-26(32-24)35-14-12-34(2)13-15-35)30-23-16-21(17-28-23)20-6-4-3-5-7-20/h3-11,16,18H,12-15,17H2,1-2H3,(H2,28,29,30,31,32,33). The summed E-state index contributed by atoms with van der Waals surface area (Å²) in [5.74, 6) is 1.98. The number of nitrogens with one attached hydrogen (secondary N) is 2. The predicted octanol–water partition coefficient (Wildman–Crippen LogP) is 3.84. The molecule has 1 aromatic heterocycles. The van der Waals surface area contributed by atoms with Gasteiger partial charge in [0.15, 0.2) is 0 Å². The van der Waals surface area contributed by atoms with Crippen molar-refractivity contribution in [3.63, 3.8) is 0 Å². The Hall–Kier alpha value is -3.85. The molecular formula is C26H29FN8. The first kappa shape index (κ1) is 22.9. The van der Waals surface area contributed by atoms with Gasteiger partial charge in [-0.1, -0.05) is 42.5 Å². The van der Waals surface area contributed by atoms with E-state index in [1.165, 1.54) is 12.1 Å². The van der Waals surface area contributed by atoms with E-state index in [4.69, 9.17) is 9.97 Å². The van der Waals surface area contributed by atoms with Crippen LogP contribution in [0.1, 0.15) is 24.1 Å². The minimum Gasteiger partial charge on any atom is -0.348 e. The summed E-state index contributed by atoms with van der Waals surface area (Å²) in [4.78, 5) is 23.1. The number of aromatic nitrogens is 3. The first-order chi connectivity index (χ1) is 17.0. The molecule has 180 valence electrons. The normalized spacial score (nSPS) is 17.1.